The first-order valence-electron chi connectivity index (χ1n) is 23.3. The van der Waals surface area contributed by atoms with Crippen molar-refractivity contribution in [1.82, 2.24) is 39.0 Å². The molecule has 0 saturated carbocycles. The Morgan fingerprint density at radius 2 is 0.986 bits per heavy atom. The van der Waals surface area contributed by atoms with E-state index in [1.165, 1.54) is 0 Å². The molecular weight excluding hydrogens is 885 g/mol. The average Bonchev–Trinajstić information content (AvgIpc) is 4.17. The fourth-order valence-electron chi connectivity index (χ4n) is 9.27. The molecule has 0 spiro atoms. The first-order valence-corrected chi connectivity index (χ1v) is 23.3. The highest BCUT2D eigenvalue weighted by atomic mass is 16.5. The standard InChI is InChI=1S/2C27H27N5O3/c1-17(2)27(34)31-14-12-18(13-15-31)22-16-29-32-24(25(28)33)23(30-26(22)32)19-8-10-21(11-9-19)35-20-6-4-3-5-7-20;1-2-6-23(33)31-15-13-18(14-16-31)22-17-29-32-25(26(28)34)24(30-27(22)32)19-9-11-21(12-10-19)35-20-7-4-3-5-8-20/h3-11,16,18,29H,1,12-15H2,2H3,(H2,28,33);2-12,17-18,29H,13-16H2,1H3,(H2,28,34). The highest BCUT2D eigenvalue weighted by Gasteiger charge is 2.31. The Bertz CT molecular complexity index is 3210. The third kappa shape index (κ3) is 9.69. The van der Waals surface area contributed by atoms with Crippen LogP contribution in [0.25, 0.3) is 33.8 Å². The van der Waals surface area contributed by atoms with Gasteiger partial charge in [0.1, 0.15) is 34.4 Å². The summed E-state index contributed by atoms with van der Waals surface area (Å²) in [6.07, 6.45) is 10.4. The lowest BCUT2D eigenvalue weighted by atomic mass is 9.91. The number of ether oxygens (including phenoxy) is 2. The number of piperidine rings is 2. The van der Waals surface area contributed by atoms with Crippen molar-refractivity contribution < 1.29 is 28.7 Å². The number of likely N-dealkylation sites (tertiary alicyclic amines) is 2. The molecule has 4 amide bonds. The number of imidazole rings is 2. The average molecular weight is 939 g/mol. The Labute approximate surface area is 404 Å². The number of hydrogen-bond acceptors (Lipinski definition) is 8. The van der Waals surface area contributed by atoms with Gasteiger partial charge in [0.25, 0.3) is 11.8 Å². The van der Waals surface area contributed by atoms with Gasteiger partial charge in [0, 0.05) is 66.4 Å². The minimum absolute atomic E-state index is 0.00136. The zero-order valence-corrected chi connectivity index (χ0v) is 39.0. The van der Waals surface area contributed by atoms with Crippen LogP contribution in [-0.2, 0) is 9.59 Å². The van der Waals surface area contributed by atoms with E-state index in [1.807, 2.05) is 138 Å². The number of carbonyl (C=O) groups is 4. The van der Waals surface area contributed by atoms with Crippen LogP contribution in [0, 0.1) is 0 Å². The highest BCUT2D eigenvalue weighted by Crippen LogP contribution is 2.36. The Morgan fingerprint density at radius 1 is 0.600 bits per heavy atom. The van der Waals surface area contributed by atoms with E-state index in [4.69, 9.17) is 30.9 Å². The van der Waals surface area contributed by atoms with Crippen molar-refractivity contribution >= 4 is 34.9 Å². The minimum Gasteiger partial charge on any atom is -0.457 e. The molecule has 6 N–H and O–H groups in total. The summed E-state index contributed by atoms with van der Waals surface area (Å²) >= 11 is 0. The molecular formula is C54H54N10O6. The summed E-state index contributed by atoms with van der Waals surface area (Å²) in [5, 5.41) is 6.32. The number of nitrogens with two attached hydrogens (primary N) is 2. The van der Waals surface area contributed by atoms with Crippen LogP contribution in [0.1, 0.15) is 83.5 Å². The second-order valence-corrected chi connectivity index (χ2v) is 17.4. The number of aromatic nitrogens is 6. The van der Waals surface area contributed by atoms with Crippen molar-refractivity contribution in [2.24, 2.45) is 11.5 Å². The number of nitrogens with zero attached hydrogens (tertiary/aromatic N) is 6. The number of amides is 4. The predicted octanol–water partition coefficient (Wildman–Crippen LogP) is 9.01. The molecule has 2 aliphatic rings. The topological polar surface area (TPSA) is 211 Å². The third-order valence-electron chi connectivity index (χ3n) is 12.8. The summed E-state index contributed by atoms with van der Waals surface area (Å²) in [4.78, 5) is 62.6. The van der Waals surface area contributed by atoms with E-state index in [2.05, 4.69) is 16.8 Å². The van der Waals surface area contributed by atoms with Crippen molar-refractivity contribution in [2.75, 3.05) is 26.2 Å². The van der Waals surface area contributed by atoms with E-state index in [0.717, 1.165) is 59.4 Å². The van der Waals surface area contributed by atoms with Crippen molar-refractivity contribution in [3.8, 4) is 45.5 Å². The predicted molar refractivity (Wildman–Crippen MR) is 267 cm³/mol. The van der Waals surface area contributed by atoms with Gasteiger partial charge in [-0.15, -0.1) is 0 Å². The maximum atomic E-state index is 12.4. The molecule has 356 valence electrons. The van der Waals surface area contributed by atoms with Gasteiger partial charge >= 0.3 is 0 Å². The van der Waals surface area contributed by atoms with Gasteiger partial charge in [-0.25, -0.2) is 19.0 Å². The van der Waals surface area contributed by atoms with Gasteiger partial charge in [0.05, 0.1) is 0 Å². The van der Waals surface area contributed by atoms with Gasteiger partial charge in [-0.3, -0.25) is 29.4 Å². The number of aromatic amines is 2. The molecule has 2 aliphatic heterocycles. The number of rotatable bonds is 12. The lowest BCUT2D eigenvalue weighted by molar-refractivity contribution is -0.128. The van der Waals surface area contributed by atoms with E-state index in [-0.39, 0.29) is 23.7 Å². The van der Waals surface area contributed by atoms with Crippen LogP contribution in [0.2, 0.25) is 0 Å². The maximum Gasteiger partial charge on any atom is 0.269 e. The summed E-state index contributed by atoms with van der Waals surface area (Å²) in [5.41, 5.74) is 18.7. The summed E-state index contributed by atoms with van der Waals surface area (Å²) in [7, 11) is 0. The van der Waals surface area contributed by atoms with Crippen molar-refractivity contribution in [3.05, 3.63) is 168 Å². The Hall–Kier alpha value is -8.66. The van der Waals surface area contributed by atoms with E-state index in [1.54, 1.807) is 28.1 Å². The summed E-state index contributed by atoms with van der Waals surface area (Å²) in [6.45, 7) is 10.0. The Kier molecular flexibility index (Phi) is 13.5. The first-order chi connectivity index (χ1) is 34.0. The summed E-state index contributed by atoms with van der Waals surface area (Å²) in [5.74, 6) is 2.24. The zero-order chi connectivity index (χ0) is 48.9. The van der Waals surface area contributed by atoms with Gasteiger partial charge in [-0.1, -0.05) is 49.1 Å². The zero-order valence-electron chi connectivity index (χ0n) is 39.0. The molecule has 4 aromatic heterocycles. The van der Waals surface area contributed by atoms with Gasteiger partial charge < -0.3 is 30.7 Å². The summed E-state index contributed by atoms with van der Waals surface area (Å²) < 4.78 is 15.1. The van der Waals surface area contributed by atoms with Crippen LogP contribution in [0.15, 0.2) is 146 Å². The number of allylic oxidation sites excluding steroid dienone is 1. The highest BCUT2D eigenvalue weighted by molar-refractivity contribution is 5.99. The lowest BCUT2D eigenvalue weighted by Crippen LogP contribution is -2.38. The van der Waals surface area contributed by atoms with Crippen molar-refractivity contribution in [2.45, 2.75) is 51.4 Å². The normalized spacial score (nSPS) is 14.4. The fourth-order valence-corrected chi connectivity index (χ4v) is 9.27. The number of hydrogen-bond donors (Lipinski definition) is 4. The molecule has 0 bridgehead atoms. The number of benzene rings is 4. The Morgan fingerprint density at radius 3 is 1.36 bits per heavy atom. The van der Waals surface area contributed by atoms with Gasteiger partial charge in [-0.2, -0.15) is 0 Å². The molecule has 70 heavy (non-hydrogen) atoms. The molecule has 2 fully saturated rings. The number of nitrogens with one attached hydrogen (secondary N) is 2. The molecule has 0 aliphatic carbocycles. The molecule has 16 heteroatoms. The minimum atomic E-state index is -0.563. The Balaban J connectivity index is 0.000000174. The van der Waals surface area contributed by atoms with Crippen LogP contribution in [0.3, 0.4) is 0 Å². The fraction of sp³-hybridized carbons (Fsp3) is 0.222. The summed E-state index contributed by atoms with van der Waals surface area (Å²) in [6, 6.07) is 33.9. The van der Waals surface area contributed by atoms with Gasteiger partial charge in [0.15, 0.2) is 22.7 Å². The van der Waals surface area contributed by atoms with E-state index >= 15 is 0 Å². The van der Waals surface area contributed by atoms with Crippen LogP contribution in [0.5, 0.6) is 23.0 Å². The second-order valence-electron chi connectivity index (χ2n) is 17.4. The first kappa shape index (κ1) is 46.5. The SMILES string of the molecule is C=C(C)C(=O)N1CCC(c2c[nH]n3c(C(N)=O)c(-c4ccc(Oc5ccccc5)cc4)nc23)CC1.CC=CC(=O)N1CCC(c2c[nH]n3c(C(N)=O)c(-c4ccc(Oc5ccccc5)cc4)nc23)CC1. The molecule has 0 atom stereocenters. The molecule has 0 unspecified atom stereocenters. The molecule has 10 rings (SSSR count). The number of para-hydroxylation sites is 2. The molecule has 16 nitrogen and oxygen atoms in total. The van der Waals surface area contributed by atoms with E-state index in [0.29, 0.717) is 77.3 Å². The van der Waals surface area contributed by atoms with Crippen LogP contribution in [-0.4, -0.2) is 88.8 Å². The number of H-pyrrole nitrogens is 2. The van der Waals surface area contributed by atoms with Crippen LogP contribution in [0.4, 0.5) is 0 Å². The largest absolute Gasteiger partial charge is 0.457 e. The number of fused-ring (bicyclic) bond motifs is 2. The van der Waals surface area contributed by atoms with Crippen molar-refractivity contribution in [3.63, 3.8) is 0 Å². The molecule has 6 heterocycles. The smallest absolute Gasteiger partial charge is 0.269 e. The maximum absolute atomic E-state index is 12.4. The lowest BCUT2D eigenvalue weighted by Gasteiger charge is -2.31. The molecule has 8 aromatic rings. The van der Waals surface area contributed by atoms with Crippen LogP contribution >= 0.6 is 0 Å². The number of carbonyl (C=O) groups excluding carboxylic acids is 4. The monoisotopic (exact) mass is 938 g/mol. The van der Waals surface area contributed by atoms with E-state index < -0.39 is 11.8 Å². The number of primary amides is 2. The molecule has 4 aromatic carbocycles. The van der Waals surface area contributed by atoms with Gasteiger partial charge in [0.2, 0.25) is 11.8 Å². The van der Waals surface area contributed by atoms with E-state index in [9.17, 15) is 19.2 Å². The van der Waals surface area contributed by atoms with Crippen molar-refractivity contribution in [1.29, 1.82) is 0 Å². The third-order valence-corrected chi connectivity index (χ3v) is 12.8. The quantitative estimate of drug-likeness (QED) is 0.0866. The molecule has 0 radical (unpaired) electrons. The van der Waals surface area contributed by atoms with Crippen LogP contribution < -0.4 is 20.9 Å². The second kappa shape index (κ2) is 20.3. The van der Waals surface area contributed by atoms with Gasteiger partial charge in [-0.05, 0) is 130 Å². The molecule has 2 saturated heterocycles.